The Morgan fingerprint density at radius 3 is 1.85 bits per heavy atom. The lowest BCUT2D eigenvalue weighted by Gasteiger charge is -2.14. The van der Waals surface area contributed by atoms with Crippen LogP contribution in [0.1, 0.15) is 17.5 Å². The second-order valence-corrected chi connectivity index (χ2v) is 16.1. The molecule has 0 atom stereocenters. The molecule has 4 rings (SSSR count). The molecule has 0 fully saturated rings. The Kier molecular flexibility index (Phi) is 9.97. The van der Waals surface area contributed by atoms with E-state index in [1.54, 1.807) is 13.8 Å². The molecule has 0 aliphatic rings. The van der Waals surface area contributed by atoms with Crippen molar-refractivity contribution in [2.45, 2.75) is 35.0 Å². The molecule has 0 amide bonds. The molecule has 4 aromatic carbocycles. The molecule has 0 aromatic heterocycles. The number of nitrogen functional groups attached to an aromatic ring is 1. The highest BCUT2D eigenvalue weighted by molar-refractivity contribution is 7.87. The molecular weight excluding hydrogens is 703 g/mol. The van der Waals surface area contributed by atoms with Gasteiger partial charge in [0.2, 0.25) is 0 Å². The zero-order valence-electron chi connectivity index (χ0n) is 24.4. The van der Waals surface area contributed by atoms with Gasteiger partial charge in [0.05, 0.1) is 44.6 Å². The van der Waals surface area contributed by atoms with Crippen LogP contribution in [-0.4, -0.2) is 59.7 Å². The Hall–Kier alpha value is -4.18. The molecule has 16 nitrogen and oxygen atoms in total. The summed E-state index contributed by atoms with van der Waals surface area (Å²) in [6.07, 6.45) is -0.0722. The zero-order valence-corrected chi connectivity index (χ0v) is 27.7. The zero-order chi connectivity index (χ0) is 34.9. The third-order valence-corrected chi connectivity index (χ3v) is 10.2. The molecule has 0 radical (unpaired) electrons. The van der Waals surface area contributed by atoms with Gasteiger partial charge in [-0.2, -0.15) is 38.8 Å². The summed E-state index contributed by atoms with van der Waals surface area (Å²) in [6, 6.07) is 11.4. The first-order valence-electron chi connectivity index (χ1n) is 13.1. The molecule has 0 saturated heterocycles. The molecule has 0 aliphatic heterocycles. The van der Waals surface area contributed by atoms with Crippen molar-refractivity contribution >= 4 is 68.3 Å². The van der Waals surface area contributed by atoms with E-state index in [-0.39, 0.29) is 45.8 Å². The van der Waals surface area contributed by atoms with Crippen molar-refractivity contribution in [3.05, 3.63) is 71.8 Å². The van der Waals surface area contributed by atoms with Crippen LogP contribution in [0.3, 0.4) is 0 Å². The fraction of sp³-hybridized carbons (Fsp3) is 0.185. The maximum Gasteiger partial charge on any atom is 0.339 e. The third-order valence-electron chi connectivity index (χ3n) is 6.44. The Bertz CT molecular complexity index is 2340. The SMILES string of the molecule is Cc1ccc(S(=O)(=O)Oc2cc(S(=O)(=O)O)cc3cc(S(=O)(=O)O)cc(N=Nc4cc(OCCCS(=O)(=O)O)c(N)cc4C)c23)cc1. The molecule has 252 valence electrons. The summed E-state index contributed by atoms with van der Waals surface area (Å²) in [7, 11) is -18.8. The van der Waals surface area contributed by atoms with Gasteiger partial charge in [-0.15, -0.1) is 5.11 Å². The number of ether oxygens (including phenoxy) is 1. The standard InChI is InChI=1S/C27H27N3O13S4/c1-16-4-6-19(7-5-16)47(40,41)43-26-14-21(46(37,38)39)12-18-11-20(45(34,35)36)13-24(27(18)26)30-29-23-15-25(22(28)10-17(23)2)42-8-3-9-44(31,32)33/h4-7,10-15H,3,8-9,28H2,1-2H3,(H,31,32,33)(H,34,35,36)(H,37,38,39). The molecule has 0 saturated carbocycles. The quantitative estimate of drug-likeness (QED) is 0.0519. The van der Waals surface area contributed by atoms with Crippen LogP contribution in [0.5, 0.6) is 11.5 Å². The fourth-order valence-electron chi connectivity index (χ4n) is 4.18. The molecule has 0 heterocycles. The van der Waals surface area contributed by atoms with Gasteiger partial charge in [-0.05, 0) is 67.6 Å². The maximum atomic E-state index is 13.2. The van der Waals surface area contributed by atoms with E-state index < -0.39 is 67.5 Å². The number of hydrogen-bond acceptors (Lipinski definition) is 13. The molecule has 0 spiro atoms. The highest BCUT2D eigenvalue weighted by Gasteiger charge is 2.25. The van der Waals surface area contributed by atoms with Crippen LogP contribution >= 0.6 is 0 Å². The van der Waals surface area contributed by atoms with Crippen molar-refractivity contribution in [2.75, 3.05) is 18.1 Å². The minimum absolute atomic E-state index is 0.0578. The monoisotopic (exact) mass is 729 g/mol. The van der Waals surface area contributed by atoms with Crippen LogP contribution < -0.4 is 14.7 Å². The first-order valence-corrected chi connectivity index (χ1v) is 19.0. The Morgan fingerprint density at radius 1 is 0.702 bits per heavy atom. The van der Waals surface area contributed by atoms with E-state index in [0.29, 0.717) is 11.6 Å². The van der Waals surface area contributed by atoms with Gasteiger partial charge in [-0.25, -0.2) is 0 Å². The third kappa shape index (κ3) is 9.00. The predicted molar refractivity (Wildman–Crippen MR) is 169 cm³/mol. The van der Waals surface area contributed by atoms with E-state index in [0.717, 1.165) is 23.8 Å². The largest absolute Gasteiger partial charge is 0.491 e. The summed E-state index contributed by atoms with van der Waals surface area (Å²) in [5.41, 5.74) is 6.98. The molecular formula is C27H27N3O13S4. The van der Waals surface area contributed by atoms with Crippen molar-refractivity contribution in [1.29, 1.82) is 0 Å². The Morgan fingerprint density at radius 2 is 1.28 bits per heavy atom. The van der Waals surface area contributed by atoms with E-state index in [4.69, 9.17) is 19.2 Å². The molecule has 0 aliphatic carbocycles. The number of nitrogens with two attached hydrogens (primary N) is 1. The lowest BCUT2D eigenvalue weighted by Crippen LogP contribution is -2.11. The van der Waals surface area contributed by atoms with Crippen molar-refractivity contribution in [1.82, 2.24) is 0 Å². The Balaban J connectivity index is 1.90. The van der Waals surface area contributed by atoms with Gasteiger partial charge in [0.15, 0.2) is 5.75 Å². The summed E-state index contributed by atoms with van der Waals surface area (Å²) in [6.45, 7) is 3.14. The molecule has 20 heteroatoms. The molecule has 0 bridgehead atoms. The van der Waals surface area contributed by atoms with Gasteiger partial charge >= 0.3 is 10.1 Å². The van der Waals surface area contributed by atoms with Gasteiger partial charge in [0.1, 0.15) is 10.6 Å². The van der Waals surface area contributed by atoms with Gasteiger partial charge in [-0.1, -0.05) is 17.7 Å². The minimum atomic E-state index is -5.01. The van der Waals surface area contributed by atoms with Gasteiger partial charge in [0.25, 0.3) is 30.4 Å². The van der Waals surface area contributed by atoms with Gasteiger partial charge in [0, 0.05) is 12.1 Å². The second-order valence-electron chi connectivity index (χ2n) is 10.1. The van der Waals surface area contributed by atoms with Crippen LogP contribution in [0.25, 0.3) is 10.8 Å². The Labute approximate surface area is 270 Å². The summed E-state index contributed by atoms with van der Waals surface area (Å²) in [5, 5.41) is 7.57. The number of fused-ring (bicyclic) bond motifs is 1. The number of hydrogen-bond donors (Lipinski definition) is 4. The van der Waals surface area contributed by atoms with E-state index >= 15 is 0 Å². The van der Waals surface area contributed by atoms with Crippen LogP contribution in [0.4, 0.5) is 17.1 Å². The highest BCUT2D eigenvalue weighted by atomic mass is 32.2. The van der Waals surface area contributed by atoms with Crippen LogP contribution in [-0.2, 0) is 40.5 Å². The van der Waals surface area contributed by atoms with Crippen molar-refractivity contribution < 1.29 is 56.2 Å². The van der Waals surface area contributed by atoms with E-state index in [2.05, 4.69) is 10.2 Å². The summed E-state index contributed by atoms with van der Waals surface area (Å²) < 4.78 is 136. The van der Waals surface area contributed by atoms with Crippen molar-refractivity contribution in [3.63, 3.8) is 0 Å². The van der Waals surface area contributed by atoms with Crippen molar-refractivity contribution in [3.8, 4) is 11.5 Å². The van der Waals surface area contributed by atoms with Gasteiger partial charge in [-0.3, -0.25) is 13.7 Å². The summed E-state index contributed by atoms with van der Waals surface area (Å²) in [5.74, 6) is -1.18. The topological polar surface area (TPSA) is 266 Å². The molecule has 5 N–H and O–H groups in total. The first-order chi connectivity index (χ1) is 21.6. The number of benzene rings is 4. The lowest BCUT2D eigenvalue weighted by molar-refractivity contribution is 0.318. The second kappa shape index (κ2) is 13.1. The number of azo groups is 1. The summed E-state index contributed by atoms with van der Waals surface area (Å²) >= 11 is 0. The highest BCUT2D eigenvalue weighted by Crippen LogP contribution is 2.41. The number of anilines is 1. The smallest absolute Gasteiger partial charge is 0.339 e. The average molecular weight is 730 g/mol. The number of aryl methyl sites for hydroxylation is 2. The minimum Gasteiger partial charge on any atom is -0.491 e. The molecule has 0 unspecified atom stereocenters. The number of rotatable bonds is 12. The predicted octanol–water partition coefficient (Wildman–Crippen LogP) is 4.37. The van der Waals surface area contributed by atoms with Crippen LogP contribution in [0.15, 0.2) is 85.6 Å². The first kappa shape index (κ1) is 35.7. The summed E-state index contributed by atoms with van der Waals surface area (Å²) in [4.78, 5) is -1.96. The number of nitrogens with zero attached hydrogens (tertiary/aromatic N) is 2. The van der Waals surface area contributed by atoms with Crippen LogP contribution in [0, 0.1) is 13.8 Å². The normalized spacial score (nSPS) is 12.9. The maximum absolute atomic E-state index is 13.2. The van der Waals surface area contributed by atoms with Crippen LogP contribution in [0.2, 0.25) is 0 Å². The van der Waals surface area contributed by atoms with E-state index in [9.17, 15) is 42.8 Å². The van der Waals surface area contributed by atoms with E-state index in [1.807, 2.05) is 0 Å². The molecule has 47 heavy (non-hydrogen) atoms. The average Bonchev–Trinajstić information content (AvgIpc) is 2.93. The molecule has 4 aromatic rings. The van der Waals surface area contributed by atoms with Gasteiger partial charge < -0.3 is 14.7 Å². The van der Waals surface area contributed by atoms with E-state index in [1.165, 1.54) is 36.4 Å². The van der Waals surface area contributed by atoms with Crippen molar-refractivity contribution in [2.24, 2.45) is 10.2 Å². The lowest BCUT2D eigenvalue weighted by atomic mass is 10.1. The fourth-order valence-corrected chi connectivity index (χ4v) is 6.66.